The summed E-state index contributed by atoms with van der Waals surface area (Å²) in [6.45, 7) is -0.180. The Morgan fingerprint density at radius 3 is 2.56 bits per heavy atom. The van der Waals surface area contributed by atoms with Crippen LogP contribution in [0.3, 0.4) is 0 Å². The fourth-order valence-corrected chi connectivity index (χ4v) is 4.65. The van der Waals surface area contributed by atoms with E-state index in [4.69, 9.17) is 21.4 Å². The second-order valence-electron chi connectivity index (χ2n) is 8.50. The maximum atomic E-state index is 13.4. The summed E-state index contributed by atoms with van der Waals surface area (Å²) in [5.74, 6) is -1.09. The van der Waals surface area contributed by atoms with E-state index in [1.165, 1.54) is 6.07 Å². The molecule has 1 amide bonds. The van der Waals surface area contributed by atoms with Gasteiger partial charge < -0.3 is 14.7 Å². The van der Waals surface area contributed by atoms with Crippen molar-refractivity contribution in [3.63, 3.8) is 0 Å². The van der Waals surface area contributed by atoms with Crippen molar-refractivity contribution in [1.82, 2.24) is 4.90 Å². The van der Waals surface area contributed by atoms with E-state index < -0.39 is 30.4 Å². The van der Waals surface area contributed by atoms with E-state index in [9.17, 15) is 22.8 Å². The molecule has 1 aliphatic rings. The standard InChI is InChI=1S/C27H23ClF3NO4/c28-20-9-10-23(36-16-25(34)35)22(15-20)26-21-7-2-1-5-18(21)12-13-32(26)24(33)11-8-17-4-3-6-19(14-17)27(29,30)31/h1-7,9-10,14-15,26H,8,11-13,16H2,(H,34,35). The predicted molar refractivity (Wildman–Crippen MR) is 128 cm³/mol. The van der Waals surface area contributed by atoms with Crippen LogP contribution >= 0.6 is 11.6 Å². The number of hydrogen-bond donors (Lipinski definition) is 1. The van der Waals surface area contributed by atoms with Crippen LogP contribution in [0.5, 0.6) is 5.75 Å². The van der Waals surface area contributed by atoms with Crippen molar-refractivity contribution in [2.45, 2.75) is 31.5 Å². The van der Waals surface area contributed by atoms with Gasteiger partial charge in [0.1, 0.15) is 5.75 Å². The van der Waals surface area contributed by atoms with E-state index in [-0.39, 0.29) is 18.7 Å². The first-order chi connectivity index (χ1) is 17.1. The molecule has 9 heteroatoms. The first-order valence-corrected chi connectivity index (χ1v) is 11.7. The number of nitrogens with zero attached hydrogens (tertiary/aromatic N) is 1. The van der Waals surface area contributed by atoms with Crippen molar-refractivity contribution < 1.29 is 32.6 Å². The third-order valence-electron chi connectivity index (χ3n) is 6.10. The molecule has 1 atom stereocenters. The molecule has 36 heavy (non-hydrogen) atoms. The summed E-state index contributed by atoms with van der Waals surface area (Å²) in [6, 6.07) is 16.8. The summed E-state index contributed by atoms with van der Waals surface area (Å²) < 4.78 is 44.8. The SMILES string of the molecule is O=C(O)COc1ccc(Cl)cc1C1c2ccccc2CCN1C(=O)CCc1cccc(C(F)(F)F)c1. The van der Waals surface area contributed by atoms with Crippen LogP contribution in [0.25, 0.3) is 0 Å². The maximum Gasteiger partial charge on any atom is 0.416 e. The fourth-order valence-electron chi connectivity index (χ4n) is 4.47. The quantitative estimate of drug-likeness (QED) is 0.422. The zero-order valence-electron chi connectivity index (χ0n) is 19.1. The van der Waals surface area contributed by atoms with E-state index in [0.29, 0.717) is 34.9 Å². The number of ether oxygens (including phenoxy) is 1. The minimum atomic E-state index is -4.46. The molecule has 5 nitrogen and oxygen atoms in total. The summed E-state index contributed by atoms with van der Waals surface area (Å²) in [6.07, 6.45) is -3.70. The Hall–Kier alpha value is -3.52. The highest BCUT2D eigenvalue weighted by Crippen LogP contribution is 2.41. The highest BCUT2D eigenvalue weighted by atomic mass is 35.5. The second-order valence-corrected chi connectivity index (χ2v) is 8.94. The molecule has 3 aromatic rings. The van der Waals surface area contributed by atoms with Crippen LogP contribution in [-0.2, 0) is 28.6 Å². The van der Waals surface area contributed by atoms with Crippen LogP contribution in [0.2, 0.25) is 5.02 Å². The summed E-state index contributed by atoms with van der Waals surface area (Å²) in [5, 5.41) is 9.49. The number of aliphatic carboxylic acids is 1. The molecular weight excluding hydrogens is 495 g/mol. The average molecular weight is 518 g/mol. The van der Waals surface area contributed by atoms with Gasteiger partial charge >= 0.3 is 12.1 Å². The van der Waals surface area contributed by atoms with Gasteiger partial charge in [-0.25, -0.2) is 4.79 Å². The summed E-state index contributed by atoms with van der Waals surface area (Å²) >= 11 is 6.28. The molecule has 0 bridgehead atoms. The normalized spacial score (nSPS) is 15.3. The Labute approximate surface area is 211 Å². The Balaban J connectivity index is 1.65. The van der Waals surface area contributed by atoms with Crippen LogP contribution in [-0.4, -0.2) is 35.0 Å². The monoisotopic (exact) mass is 517 g/mol. The van der Waals surface area contributed by atoms with Gasteiger partial charge in [-0.05, 0) is 53.8 Å². The molecule has 0 aromatic heterocycles. The number of carboxylic acid groups (broad SMARTS) is 1. The van der Waals surface area contributed by atoms with Gasteiger partial charge in [-0.1, -0.05) is 54.1 Å². The van der Waals surface area contributed by atoms with Gasteiger partial charge in [0, 0.05) is 23.6 Å². The number of amides is 1. The molecule has 0 saturated heterocycles. The van der Waals surface area contributed by atoms with Crippen LogP contribution in [0.15, 0.2) is 66.7 Å². The number of carbonyl (C=O) groups is 2. The predicted octanol–water partition coefficient (Wildman–Crippen LogP) is 5.93. The van der Waals surface area contributed by atoms with Crippen molar-refractivity contribution in [3.05, 3.63) is 99.6 Å². The molecule has 188 valence electrons. The van der Waals surface area contributed by atoms with Gasteiger partial charge in [-0.15, -0.1) is 0 Å². The minimum Gasteiger partial charge on any atom is -0.482 e. The topological polar surface area (TPSA) is 66.8 Å². The maximum absolute atomic E-state index is 13.4. The lowest BCUT2D eigenvalue weighted by molar-refractivity contribution is -0.139. The van der Waals surface area contributed by atoms with Crippen LogP contribution in [0.4, 0.5) is 13.2 Å². The fraction of sp³-hybridized carbons (Fsp3) is 0.259. The van der Waals surface area contributed by atoms with Crippen molar-refractivity contribution in [1.29, 1.82) is 0 Å². The lowest BCUT2D eigenvalue weighted by Crippen LogP contribution is -2.41. The number of rotatable bonds is 7. The van der Waals surface area contributed by atoms with E-state index in [2.05, 4.69) is 0 Å². The highest BCUT2D eigenvalue weighted by Gasteiger charge is 2.34. The third-order valence-corrected chi connectivity index (χ3v) is 6.34. The van der Waals surface area contributed by atoms with Gasteiger partial charge in [0.2, 0.25) is 5.91 Å². The van der Waals surface area contributed by atoms with Crippen LogP contribution < -0.4 is 4.74 Å². The number of alkyl halides is 3. The van der Waals surface area contributed by atoms with Crippen LogP contribution in [0.1, 0.15) is 40.3 Å². The van der Waals surface area contributed by atoms with Crippen molar-refractivity contribution in [3.8, 4) is 5.75 Å². The number of carbonyl (C=O) groups excluding carboxylic acids is 1. The number of benzene rings is 3. The first-order valence-electron chi connectivity index (χ1n) is 11.3. The van der Waals surface area contributed by atoms with E-state index >= 15 is 0 Å². The number of aryl methyl sites for hydroxylation is 1. The largest absolute Gasteiger partial charge is 0.482 e. The number of halogens is 4. The highest BCUT2D eigenvalue weighted by molar-refractivity contribution is 6.30. The van der Waals surface area contributed by atoms with Gasteiger partial charge in [-0.2, -0.15) is 13.2 Å². The molecule has 0 saturated carbocycles. The zero-order valence-corrected chi connectivity index (χ0v) is 19.9. The average Bonchev–Trinajstić information content (AvgIpc) is 2.85. The smallest absolute Gasteiger partial charge is 0.416 e. The molecule has 1 unspecified atom stereocenters. The van der Waals surface area contributed by atoms with Crippen molar-refractivity contribution in [2.24, 2.45) is 0 Å². The molecule has 0 aliphatic carbocycles. The Kier molecular flexibility index (Phi) is 7.54. The lowest BCUT2D eigenvalue weighted by Gasteiger charge is -2.38. The number of hydrogen-bond acceptors (Lipinski definition) is 3. The van der Waals surface area contributed by atoms with Gasteiger partial charge in [0.25, 0.3) is 0 Å². The molecule has 1 aliphatic heterocycles. The molecule has 0 radical (unpaired) electrons. The second kappa shape index (κ2) is 10.6. The number of fused-ring (bicyclic) bond motifs is 1. The molecule has 1 N–H and O–H groups in total. The van der Waals surface area contributed by atoms with E-state index in [1.807, 2.05) is 24.3 Å². The summed E-state index contributed by atoms with van der Waals surface area (Å²) in [7, 11) is 0. The lowest BCUT2D eigenvalue weighted by atomic mass is 9.87. The van der Waals surface area contributed by atoms with E-state index in [0.717, 1.165) is 23.3 Å². The van der Waals surface area contributed by atoms with Gasteiger partial charge in [-0.3, -0.25) is 4.79 Å². The van der Waals surface area contributed by atoms with E-state index in [1.54, 1.807) is 29.2 Å². The molecular formula is C27H23ClF3NO4. The molecule has 3 aromatic carbocycles. The van der Waals surface area contributed by atoms with Gasteiger partial charge in [0.05, 0.1) is 11.6 Å². The molecule has 0 spiro atoms. The minimum absolute atomic E-state index is 0.00581. The zero-order chi connectivity index (χ0) is 25.9. The Morgan fingerprint density at radius 1 is 1.03 bits per heavy atom. The molecule has 4 rings (SSSR count). The summed E-state index contributed by atoms with van der Waals surface area (Å²) in [5.41, 5.74) is 2.10. The first kappa shape index (κ1) is 25.6. The van der Waals surface area contributed by atoms with Crippen LogP contribution in [0, 0.1) is 0 Å². The molecule has 0 fully saturated rings. The Morgan fingerprint density at radius 2 is 1.81 bits per heavy atom. The van der Waals surface area contributed by atoms with Crippen molar-refractivity contribution >= 4 is 23.5 Å². The van der Waals surface area contributed by atoms with Crippen molar-refractivity contribution in [2.75, 3.05) is 13.2 Å². The third kappa shape index (κ3) is 5.82. The number of carboxylic acids is 1. The Bertz CT molecular complexity index is 1280. The van der Waals surface area contributed by atoms with Gasteiger partial charge in [0.15, 0.2) is 6.61 Å². The molecule has 1 heterocycles. The summed E-state index contributed by atoms with van der Waals surface area (Å²) in [4.78, 5) is 26.2.